The molecular weight excluding hydrogens is 88.1 g/mol. The normalized spacial score (nSPS) is 10.3. The number of nitrogens with zero attached hydrogens (tertiary/aromatic N) is 1. The Morgan fingerprint density at radius 2 is 2.29 bits per heavy atom. The van der Waals surface area contributed by atoms with Gasteiger partial charge in [-0.3, -0.25) is 0 Å². The minimum atomic E-state index is 0. The summed E-state index contributed by atoms with van der Waals surface area (Å²) in [5.74, 6) is 0. The summed E-state index contributed by atoms with van der Waals surface area (Å²) in [6.07, 6.45) is 0. The standard InChI is InChI=1S/C5H14N2.2H2/c1-3-7(2)5-4-6;;/h3-6H2,1-2H3;2*1H. The van der Waals surface area contributed by atoms with E-state index in [-0.39, 0.29) is 2.85 Å². The van der Waals surface area contributed by atoms with Crippen LogP contribution in [0.2, 0.25) is 0 Å². The molecule has 0 aromatic rings. The van der Waals surface area contributed by atoms with E-state index in [0.29, 0.717) is 0 Å². The van der Waals surface area contributed by atoms with Crippen LogP contribution in [0.1, 0.15) is 9.78 Å². The molecule has 0 aliphatic heterocycles. The van der Waals surface area contributed by atoms with Crippen LogP contribution in [0, 0.1) is 0 Å². The highest BCUT2D eigenvalue weighted by Gasteiger charge is 1.86. The highest BCUT2D eigenvalue weighted by Crippen LogP contribution is 1.74. The van der Waals surface area contributed by atoms with E-state index in [1.54, 1.807) is 0 Å². The predicted octanol–water partition coefficient (Wildman–Crippen LogP) is 0.389. The Morgan fingerprint density at radius 3 is 2.43 bits per heavy atom. The summed E-state index contributed by atoms with van der Waals surface area (Å²) >= 11 is 0. The molecule has 0 bridgehead atoms. The molecule has 7 heavy (non-hydrogen) atoms. The largest absolute Gasteiger partial charge is 0.329 e. The van der Waals surface area contributed by atoms with Crippen LogP contribution < -0.4 is 5.73 Å². The van der Waals surface area contributed by atoms with Crippen molar-refractivity contribution in [3.05, 3.63) is 0 Å². The van der Waals surface area contributed by atoms with E-state index >= 15 is 0 Å². The molecule has 0 radical (unpaired) electrons. The van der Waals surface area contributed by atoms with Crippen molar-refractivity contribution < 1.29 is 2.85 Å². The molecule has 0 saturated heterocycles. The molecule has 0 unspecified atom stereocenters. The third-order valence-electron chi connectivity index (χ3n) is 1.05. The lowest BCUT2D eigenvalue weighted by atomic mass is 10.5. The summed E-state index contributed by atoms with van der Waals surface area (Å²) in [6.45, 7) is 4.99. The van der Waals surface area contributed by atoms with Crippen LogP contribution >= 0.6 is 0 Å². The van der Waals surface area contributed by atoms with Crippen LogP contribution in [-0.2, 0) is 0 Å². The minimum Gasteiger partial charge on any atom is -0.329 e. The van der Waals surface area contributed by atoms with Gasteiger partial charge in [-0.1, -0.05) is 6.92 Å². The van der Waals surface area contributed by atoms with E-state index < -0.39 is 0 Å². The maximum absolute atomic E-state index is 5.26. The second-order valence-electron chi connectivity index (χ2n) is 1.68. The lowest BCUT2D eigenvalue weighted by Gasteiger charge is -2.10. The van der Waals surface area contributed by atoms with Gasteiger partial charge in [0.1, 0.15) is 0 Å². The van der Waals surface area contributed by atoms with E-state index in [1.165, 1.54) is 0 Å². The van der Waals surface area contributed by atoms with E-state index in [0.717, 1.165) is 19.6 Å². The molecule has 0 spiro atoms. The Morgan fingerprint density at radius 1 is 1.71 bits per heavy atom. The summed E-state index contributed by atoms with van der Waals surface area (Å²) in [5, 5.41) is 0. The molecule has 48 valence electrons. The van der Waals surface area contributed by atoms with Gasteiger partial charge in [0.05, 0.1) is 0 Å². The van der Waals surface area contributed by atoms with Gasteiger partial charge >= 0.3 is 0 Å². The number of rotatable bonds is 3. The Bertz CT molecular complexity index is 43.9. The Kier molecular flexibility index (Phi) is 4.04. The van der Waals surface area contributed by atoms with Crippen molar-refractivity contribution in [2.45, 2.75) is 6.92 Å². The molecule has 0 atom stereocenters. The maximum atomic E-state index is 5.26. The summed E-state index contributed by atoms with van der Waals surface area (Å²) < 4.78 is 0. The van der Waals surface area contributed by atoms with E-state index in [9.17, 15) is 0 Å². The van der Waals surface area contributed by atoms with Gasteiger partial charge in [-0.15, -0.1) is 0 Å². The van der Waals surface area contributed by atoms with Crippen LogP contribution in [0.5, 0.6) is 0 Å². The Hall–Kier alpha value is -0.0800. The van der Waals surface area contributed by atoms with Crippen molar-refractivity contribution in [1.29, 1.82) is 0 Å². The molecule has 2 nitrogen and oxygen atoms in total. The highest BCUT2D eigenvalue weighted by atomic mass is 15.1. The van der Waals surface area contributed by atoms with Crippen molar-refractivity contribution in [3.63, 3.8) is 0 Å². The molecule has 0 aliphatic carbocycles. The molecule has 0 saturated carbocycles. The summed E-state index contributed by atoms with van der Waals surface area (Å²) in [6, 6.07) is 0. The van der Waals surface area contributed by atoms with Crippen molar-refractivity contribution in [2.75, 3.05) is 26.7 Å². The fourth-order valence-electron chi connectivity index (χ4n) is 0.379. The molecule has 0 aromatic carbocycles. The SMILES string of the molecule is CCN(C)CCN.[HH].[HH]. The summed E-state index contributed by atoms with van der Waals surface area (Å²) in [4.78, 5) is 2.18. The number of nitrogens with two attached hydrogens (primary N) is 1. The first-order chi connectivity index (χ1) is 3.31. The summed E-state index contributed by atoms with van der Waals surface area (Å²) in [5.41, 5.74) is 5.26. The Labute approximate surface area is 48.3 Å². The van der Waals surface area contributed by atoms with Crippen LogP contribution in [0.4, 0.5) is 0 Å². The van der Waals surface area contributed by atoms with Crippen molar-refractivity contribution >= 4 is 0 Å². The van der Waals surface area contributed by atoms with E-state index in [4.69, 9.17) is 5.73 Å². The van der Waals surface area contributed by atoms with Crippen LogP contribution in [0.25, 0.3) is 0 Å². The van der Waals surface area contributed by atoms with E-state index in [2.05, 4.69) is 18.9 Å². The topological polar surface area (TPSA) is 29.3 Å². The zero-order valence-electron chi connectivity index (χ0n) is 5.15. The predicted molar refractivity (Wildman–Crippen MR) is 36.5 cm³/mol. The molecule has 2 N–H and O–H groups in total. The van der Waals surface area contributed by atoms with Crippen LogP contribution in [-0.4, -0.2) is 31.6 Å². The van der Waals surface area contributed by atoms with Gasteiger partial charge in [-0.2, -0.15) is 0 Å². The monoisotopic (exact) mass is 106 g/mol. The van der Waals surface area contributed by atoms with Crippen LogP contribution in [0.3, 0.4) is 0 Å². The molecule has 0 amide bonds. The first kappa shape index (κ1) is 6.92. The molecule has 0 aromatic heterocycles. The lowest BCUT2D eigenvalue weighted by Crippen LogP contribution is -2.24. The van der Waals surface area contributed by atoms with Crippen molar-refractivity contribution in [3.8, 4) is 0 Å². The maximum Gasteiger partial charge on any atom is 0.0101 e. The second kappa shape index (κ2) is 4.09. The van der Waals surface area contributed by atoms with Crippen LogP contribution in [0.15, 0.2) is 0 Å². The molecule has 0 fully saturated rings. The van der Waals surface area contributed by atoms with Gasteiger partial charge in [0, 0.05) is 15.9 Å². The first-order valence-corrected chi connectivity index (χ1v) is 2.70. The smallest absolute Gasteiger partial charge is 0.0101 e. The van der Waals surface area contributed by atoms with Crippen molar-refractivity contribution in [2.24, 2.45) is 5.73 Å². The number of hydrogen-bond donors (Lipinski definition) is 1. The minimum absolute atomic E-state index is 0. The van der Waals surface area contributed by atoms with Gasteiger partial charge in [0.2, 0.25) is 0 Å². The highest BCUT2D eigenvalue weighted by molar-refractivity contribution is 4.44. The Balaban J connectivity index is -0.000000180. The lowest BCUT2D eigenvalue weighted by molar-refractivity contribution is 0.363. The van der Waals surface area contributed by atoms with E-state index in [1.807, 2.05) is 0 Å². The second-order valence-corrected chi connectivity index (χ2v) is 1.68. The van der Waals surface area contributed by atoms with Gasteiger partial charge in [0.15, 0.2) is 0 Å². The quantitative estimate of drug-likeness (QED) is 0.564. The third-order valence-corrected chi connectivity index (χ3v) is 1.05. The molecule has 0 aliphatic rings. The molecular formula is C5H18N2. The van der Waals surface area contributed by atoms with Gasteiger partial charge in [-0.25, -0.2) is 0 Å². The first-order valence-electron chi connectivity index (χ1n) is 2.70. The zero-order valence-corrected chi connectivity index (χ0v) is 5.15. The summed E-state index contributed by atoms with van der Waals surface area (Å²) in [7, 11) is 2.06. The average Bonchev–Trinajstić information content (AvgIpc) is 1.68. The number of likely N-dealkylation sites (N-methyl/N-ethyl adjacent to an activating group) is 1. The number of hydrogen-bond acceptors (Lipinski definition) is 2. The molecule has 2 heteroatoms. The average molecular weight is 106 g/mol. The fourth-order valence-corrected chi connectivity index (χ4v) is 0.379. The van der Waals surface area contributed by atoms with Crippen molar-refractivity contribution in [1.82, 2.24) is 4.90 Å². The fraction of sp³-hybridized carbons (Fsp3) is 1.00. The van der Waals surface area contributed by atoms with Gasteiger partial charge in [0.25, 0.3) is 0 Å². The zero-order chi connectivity index (χ0) is 5.70. The van der Waals surface area contributed by atoms with Gasteiger partial charge < -0.3 is 10.6 Å². The molecule has 0 rings (SSSR count). The van der Waals surface area contributed by atoms with Gasteiger partial charge in [-0.05, 0) is 13.6 Å². The molecule has 0 heterocycles. The third kappa shape index (κ3) is 3.76.